The van der Waals surface area contributed by atoms with Gasteiger partial charge in [-0.05, 0) is 49.0 Å². The summed E-state index contributed by atoms with van der Waals surface area (Å²) in [5, 5.41) is 3.26. The van der Waals surface area contributed by atoms with Crippen LogP contribution in [0.25, 0.3) is 0 Å². The number of nitrogens with one attached hydrogen (secondary N) is 1. The van der Waals surface area contributed by atoms with Crippen LogP contribution in [0.4, 0.5) is 5.69 Å². The molecular formula is C22H25N3O4S. The summed E-state index contributed by atoms with van der Waals surface area (Å²) in [5.41, 5.74) is 1.59. The Bertz CT molecular complexity index is 935. The van der Waals surface area contributed by atoms with Gasteiger partial charge in [0, 0.05) is 18.8 Å². The number of anilines is 1. The fraction of sp³-hybridized carbons (Fsp3) is 0.318. The van der Waals surface area contributed by atoms with Gasteiger partial charge in [-0.25, -0.2) is 0 Å². The normalized spacial score (nSPS) is 16.0. The molecule has 1 atom stereocenters. The molecule has 8 heteroatoms. The second kappa shape index (κ2) is 9.58. The van der Waals surface area contributed by atoms with Gasteiger partial charge in [-0.1, -0.05) is 24.3 Å². The molecule has 0 aromatic heterocycles. The van der Waals surface area contributed by atoms with Gasteiger partial charge in [-0.2, -0.15) is 0 Å². The molecule has 1 aliphatic heterocycles. The van der Waals surface area contributed by atoms with Crippen molar-refractivity contribution in [3.8, 4) is 11.5 Å². The predicted molar refractivity (Wildman–Crippen MR) is 119 cm³/mol. The van der Waals surface area contributed by atoms with Crippen LogP contribution < -0.4 is 14.8 Å². The first-order valence-corrected chi connectivity index (χ1v) is 10.1. The van der Waals surface area contributed by atoms with Crippen molar-refractivity contribution in [3.63, 3.8) is 0 Å². The molecule has 0 radical (unpaired) electrons. The van der Waals surface area contributed by atoms with Crippen LogP contribution in [0.15, 0.2) is 48.5 Å². The van der Waals surface area contributed by atoms with Gasteiger partial charge in [0.05, 0.1) is 20.6 Å². The molecule has 7 nitrogen and oxygen atoms in total. The third kappa shape index (κ3) is 4.54. The number of hydrogen-bond donors (Lipinski definition) is 1. The largest absolute Gasteiger partial charge is 0.493 e. The molecule has 0 aliphatic carbocycles. The predicted octanol–water partition coefficient (Wildman–Crippen LogP) is 3.05. The third-order valence-corrected chi connectivity index (χ3v) is 5.41. The highest BCUT2D eigenvalue weighted by molar-refractivity contribution is 7.80. The Kier molecular flexibility index (Phi) is 6.89. The zero-order valence-corrected chi connectivity index (χ0v) is 18.1. The molecule has 0 saturated carbocycles. The lowest BCUT2D eigenvalue weighted by molar-refractivity contribution is -0.130. The van der Waals surface area contributed by atoms with E-state index in [1.165, 1.54) is 4.90 Å². The van der Waals surface area contributed by atoms with E-state index >= 15 is 0 Å². The summed E-state index contributed by atoms with van der Waals surface area (Å²) in [5.74, 6) is 0.816. The fourth-order valence-corrected chi connectivity index (χ4v) is 3.86. The smallest absolute Gasteiger partial charge is 0.252 e. The number of likely N-dealkylation sites (N-methyl/N-ethyl adjacent to an activating group) is 1. The van der Waals surface area contributed by atoms with E-state index in [4.69, 9.17) is 21.7 Å². The average Bonchev–Trinajstić information content (AvgIpc) is 2.97. The van der Waals surface area contributed by atoms with Crippen molar-refractivity contribution in [2.45, 2.75) is 25.9 Å². The molecular weight excluding hydrogens is 402 g/mol. The summed E-state index contributed by atoms with van der Waals surface area (Å²) in [6.07, 6.45) is 0.0116. The van der Waals surface area contributed by atoms with Gasteiger partial charge in [-0.15, -0.1) is 0 Å². The van der Waals surface area contributed by atoms with Crippen LogP contribution >= 0.6 is 12.2 Å². The zero-order chi connectivity index (χ0) is 21.7. The minimum atomic E-state index is -0.658. The maximum absolute atomic E-state index is 12.9. The van der Waals surface area contributed by atoms with Crippen LogP contribution in [-0.2, 0) is 16.1 Å². The van der Waals surface area contributed by atoms with Gasteiger partial charge < -0.3 is 19.7 Å². The van der Waals surface area contributed by atoms with Crippen LogP contribution in [0.2, 0.25) is 0 Å². The van der Waals surface area contributed by atoms with E-state index in [-0.39, 0.29) is 18.2 Å². The van der Waals surface area contributed by atoms with Crippen molar-refractivity contribution in [3.05, 3.63) is 54.1 Å². The molecule has 2 aromatic rings. The molecule has 1 unspecified atom stereocenters. The summed E-state index contributed by atoms with van der Waals surface area (Å²) in [4.78, 5) is 28.9. The summed E-state index contributed by atoms with van der Waals surface area (Å²) >= 11 is 5.55. The number of amides is 2. The van der Waals surface area contributed by atoms with Gasteiger partial charge in [0.15, 0.2) is 16.6 Å². The maximum Gasteiger partial charge on any atom is 0.252 e. The summed E-state index contributed by atoms with van der Waals surface area (Å²) in [7, 11) is 3.15. The lowest BCUT2D eigenvalue weighted by atomic mass is 10.1. The fourth-order valence-electron chi connectivity index (χ4n) is 3.45. The van der Waals surface area contributed by atoms with Gasteiger partial charge in [0.1, 0.15) is 6.04 Å². The number of carbonyl (C=O) groups excluding carboxylic acids is 2. The Morgan fingerprint density at radius 2 is 1.80 bits per heavy atom. The first-order valence-electron chi connectivity index (χ1n) is 9.66. The second-order valence-corrected chi connectivity index (χ2v) is 7.18. The summed E-state index contributed by atoms with van der Waals surface area (Å²) in [6.45, 7) is 2.70. The van der Waals surface area contributed by atoms with Crippen molar-refractivity contribution < 1.29 is 19.1 Å². The number of carbonyl (C=O) groups is 2. The van der Waals surface area contributed by atoms with Crippen LogP contribution in [0.1, 0.15) is 18.9 Å². The van der Waals surface area contributed by atoms with Crippen LogP contribution in [0.3, 0.4) is 0 Å². The first-order chi connectivity index (χ1) is 14.5. The van der Waals surface area contributed by atoms with Gasteiger partial charge >= 0.3 is 0 Å². The molecule has 2 amide bonds. The Hall–Kier alpha value is -3.13. The molecule has 1 fully saturated rings. The number of ether oxygens (including phenoxy) is 2. The molecule has 1 N–H and O–H groups in total. The topological polar surface area (TPSA) is 71.1 Å². The van der Waals surface area contributed by atoms with Gasteiger partial charge in [0.25, 0.3) is 5.91 Å². The summed E-state index contributed by atoms with van der Waals surface area (Å²) < 4.78 is 10.7. The minimum absolute atomic E-state index is 0.0116. The monoisotopic (exact) mass is 427 g/mol. The van der Waals surface area contributed by atoms with E-state index in [2.05, 4.69) is 5.32 Å². The number of para-hydroxylation sites is 1. The molecule has 30 heavy (non-hydrogen) atoms. The number of hydrogen-bond acceptors (Lipinski definition) is 5. The van der Waals surface area contributed by atoms with E-state index < -0.39 is 6.04 Å². The Labute approximate surface area is 181 Å². The third-order valence-electron chi connectivity index (χ3n) is 4.96. The van der Waals surface area contributed by atoms with E-state index in [1.54, 1.807) is 31.3 Å². The highest BCUT2D eigenvalue weighted by atomic mass is 32.1. The van der Waals surface area contributed by atoms with Crippen molar-refractivity contribution in [1.82, 2.24) is 9.80 Å². The maximum atomic E-state index is 12.9. The first kappa shape index (κ1) is 21.6. The molecule has 0 bridgehead atoms. The van der Waals surface area contributed by atoms with E-state index in [1.807, 2.05) is 43.3 Å². The quantitative estimate of drug-likeness (QED) is 0.653. The number of benzene rings is 2. The second-order valence-electron chi connectivity index (χ2n) is 6.82. The molecule has 158 valence electrons. The highest BCUT2D eigenvalue weighted by Gasteiger charge is 2.42. The molecule has 1 saturated heterocycles. The van der Waals surface area contributed by atoms with Crippen molar-refractivity contribution >= 4 is 34.8 Å². The summed E-state index contributed by atoms with van der Waals surface area (Å²) in [6, 6.07) is 14.1. The van der Waals surface area contributed by atoms with Crippen LogP contribution in [0, 0.1) is 0 Å². The molecule has 0 spiro atoms. The van der Waals surface area contributed by atoms with Crippen molar-refractivity contribution in [2.75, 3.05) is 26.1 Å². The van der Waals surface area contributed by atoms with E-state index in [9.17, 15) is 9.59 Å². The Balaban J connectivity index is 1.80. The minimum Gasteiger partial charge on any atom is -0.493 e. The number of rotatable bonds is 8. The lowest BCUT2D eigenvalue weighted by Crippen LogP contribution is -2.37. The van der Waals surface area contributed by atoms with Crippen LogP contribution in [-0.4, -0.2) is 53.5 Å². The van der Waals surface area contributed by atoms with Crippen molar-refractivity contribution in [1.29, 1.82) is 0 Å². The zero-order valence-electron chi connectivity index (χ0n) is 17.3. The number of nitrogens with zero attached hydrogens (tertiary/aromatic N) is 2. The number of methoxy groups -OCH3 is 2. The highest BCUT2D eigenvalue weighted by Crippen LogP contribution is 2.30. The van der Waals surface area contributed by atoms with E-state index in [0.717, 1.165) is 5.56 Å². The number of thiocarbonyl (C=S) groups is 1. The van der Waals surface area contributed by atoms with E-state index in [0.29, 0.717) is 35.4 Å². The Morgan fingerprint density at radius 3 is 2.43 bits per heavy atom. The van der Waals surface area contributed by atoms with Gasteiger partial charge in [0.2, 0.25) is 5.91 Å². The van der Waals surface area contributed by atoms with Crippen molar-refractivity contribution in [2.24, 2.45) is 0 Å². The molecule has 3 rings (SSSR count). The molecule has 1 aliphatic rings. The lowest BCUT2D eigenvalue weighted by Gasteiger charge is -2.24. The molecule has 2 aromatic carbocycles. The van der Waals surface area contributed by atoms with Gasteiger partial charge in [-0.3, -0.25) is 14.5 Å². The van der Waals surface area contributed by atoms with Crippen LogP contribution in [0.5, 0.6) is 11.5 Å². The average molecular weight is 428 g/mol. The molecule has 1 heterocycles. The Morgan fingerprint density at radius 1 is 1.10 bits per heavy atom. The SMILES string of the molecule is CCN1C(=O)C(CC(=O)Nc2ccccc2)N(Cc2ccc(OC)c(OC)c2)C1=S. The standard InChI is InChI=1S/C22H25N3O4S/c1-4-24-21(27)17(13-20(26)23-16-8-6-5-7-9-16)25(22(24)30)14-15-10-11-18(28-2)19(12-15)29-3/h5-12,17H,4,13-14H2,1-3H3,(H,23,26).